The average Bonchev–Trinajstić information content (AvgIpc) is 2.88. The highest BCUT2D eigenvalue weighted by Crippen LogP contribution is 2.25. The minimum Gasteiger partial charge on any atom is -0.370 e. The number of likely N-dealkylation sites (tertiary alicyclic amines) is 1. The summed E-state index contributed by atoms with van der Waals surface area (Å²) in [7, 11) is -3.38. The monoisotopic (exact) mass is 372 g/mol. The Bertz CT molecular complexity index is 643. The summed E-state index contributed by atoms with van der Waals surface area (Å²) in [6, 6.07) is 3.51. The Morgan fingerprint density at radius 3 is 2.42 bits per heavy atom. The fourth-order valence-corrected chi connectivity index (χ4v) is 5.72. The highest BCUT2D eigenvalue weighted by atomic mass is 32.2. The average molecular weight is 373 g/mol. The highest BCUT2D eigenvalue weighted by Gasteiger charge is 2.23. The van der Waals surface area contributed by atoms with Crippen LogP contribution in [0.1, 0.15) is 44.4 Å². The fourth-order valence-electron chi connectivity index (χ4n) is 2.83. The third-order valence-corrected chi connectivity index (χ3v) is 7.85. The molecule has 0 aliphatic carbocycles. The quantitative estimate of drug-likeness (QED) is 0.614. The van der Waals surface area contributed by atoms with Crippen LogP contribution in [0, 0.1) is 0 Å². The molecule has 8 heteroatoms. The summed E-state index contributed by atoms with van der Waals surface area (Å²) in [4.78, 5) is 7.51. The SMILES string of the molecule is CCN(CC)S(=O)(=O)c1ccc(CN=C(N)N2CCCCCC2)s1. The zero-order chi connectivity index (χ0) is 17.6. The summed E-state index contributed by atoms with van der Waals surface area (Å²) in [5, 5.41) is 0. The topological polar surface area (TPSA) is 79.0 Å². The van der Waals surface area contributed by atoms with Crippen LogP contribution in [0.5, 0.6) is 0 Å². The van der Waals surface area contributed by atoms with Crippen LogP contribution < -0.4 is 5.73 Å². The van der Waals surface area contributed by atoms with Crippen molar-refractivity contribution >= 4 is 27.3 Å². The lowest BCUT2D eigenvalue weighted by molar-refractivity contribution is 0.428. The smallest absolute Gasteiger partial charge is 0.252 e. The molecule has 1 aliphatic heterocycles. The Morgan fingerprint density at radius 2 is 1.83 bits per heavy atom. The van der Waals surface area contributed by atoms with Gasteiger partial charge < -0.3 is 10.6 Å². The predicted molar refractivity (Wildman–Crippen MR) is 99.8 cm³/mol. The van der Waals surface area contributed by atoms with Gasteiger partial charge in [0.1, 0.15) is 4.21 Å². The Kier molecular flexibility index (Phi) is 7.06. The molecule has 24 heavy (non-hydrogen) atoms. The van der Waals surface area contributed by atoms with Gasteiger partial charge in [-0.25, -0.2) is 13.4 Å². The second kappa shape index (κ2) is 8.82. The van der Waals surface area contributed by atoms with E-state index < -0.39 is 10.0 Å². The van der Waals surface area contributed by atoms with Crippen molar-refractivity contribution in [1.29, 1.82) is 0 Å². The summed E-state index contributed by atoms with van der Waals surface area (Å²) < 4.78 is 26.8. The number of rotatable bonds is 6. The van der Waals surface area contributed by atoms with E-state index in [1.807, 2.05) is 19.9 Å². The van der Waals surface area contributed by atoms with Crippen LogP contribution in [-0.4, -0.2) is 49.8 Å². The third-order valence-electron chi connectivity index (χ3n) is 4.26. The number of hydrogen-bond acceptors (Lipinski definition) is 4. The molecular formula is C16H28N4O2S2. The molecule has 1 aromatic heterocycles. The highest BCUT2D eigenvalue weighted by molar-refractivity contribution is 7.91. The standard InChI is InChI=1S/C16H28N4O2S2/c1-3-20(4-2)24(21,22)15-10-9-14(23-15)13-18-16(17)19-11-7-5-6-8-12-19/h9-10H,3-8,11-13H2,1-2H3,(H2,17,18). The number of aliphatic imine (C=N–C) groups is 1. The number of thiophene rings is 1. The molecule has 0 unspecified atom stereocenters. The molecule has 1 aliphatic rings. The Morgan fingerprint density at radius 1 is 1.21 bits per heavy atom. The zero-order valence-electron chi connectivity index (χ0n) is 14.6. The van der Waals surface area contributed by atoms with Crippen molar-refractivity contribution in [3.63, 3.8) is 0 Å². The van der Waals surface area contributed by atoms with Crippen LogP contribution in [0.2, 0.25) is 0 Å². The number of sulfonamides is 1. The maximum Gasteiger partial charge on any atom is 0.252 e. The van der Waals surface area contributed by atoms with E-state index in [0.29, 0.717) is 29.8 Å². The molecule has 0 aromatic carbocycles. The molecule has 0 spiro atoms. The Balaban J connectivity index is 2.04. The van der Waals surface area contributed by atoms with Gasteiger partial charge in [0, 0.05) is 31.1 Å². The lowest BCUT2D eigenvalue weighted by atomic mass is 10.2. The molecular weight excluding hydrogens is 344 g/mol. The molecule has 1 saturated heterocycles. The summed E-state index contributed by atoms with van der Waals surface area (Å²) in [6.45, 7) is 7.01. The molecule has 2 N–H and O–H groups in total. The lowest BCUT2D eigenvalue weighted by Crippen LogP contribution is -2.38. The molecule has 0 radical (unpaired) electrons. The van der Waals surface area contributed by atoms with E-state index in [4.69, 9.17) is 5.73 Å². The first-order valence-corrected chi connectivity index (χ1v) is 10.9. The first kappa shape index (κ1) is 19.2. The van der Waals surface area contributed by atoms with E-state index in [2.05, 4.69) is 9.89 Å². The second-order valence-electron chi connectivity index (χ2n) is 5.89. The molecule has 0 bridgehead atoms. The van der Waals surface area contributed by atoms with Gasteiger partial charge in [-0.05, 0) is 25.0 Å². The van der Waals surface area contributed by atoms with Gasteiger partial charge >= 0.3 is 0 Å². The number of nitrogens with zero attached hydrogens (tertiary/aromatic N) is 3. The Labute approximate surface area is 149 Å². The van der Waals surface area contributed by atoms with E-state index in [1.165, 1.54) is 28.5 Å². The normalized spacial score (nSPS) is 17.3. The third kappa shape index (κ3) is 4.70. The van der Waals surface area contributed by atoms with E-state index in [0.717, 1.165) is 30.8 Å². The summed E-state index contributed by atoms with van der Waals surface area (Å²) >= 11 is 1.28. The van der Waals surface area contributed by atoms with E-state index in [9.17, 15) is 8.42 Å². The predicted octanol–water partition coefficient (Wildman–Crippen LogP) is 2.47. The fraction of sp³-hybridized carbons (Fsp3) is 0.688. The summed E-state index contributed by atoms with van der Waals surface area (Å²) in [6.07, 6.45) is 4.81. The minimum absolute atomic E-state index is 0.379. The van der Waals surface area contributed by atoms with E-state index >= 15 is 0 Å². The maximum atomic E-state index is 12.5. The minimum atomic E-state index is -3.38. The van der Waals surface area contributed by atoms with Crippen LogP contribution in [-0.2, 0) is 16.6 Å². The summed E-state index contributed by atoms with van der Waals surface area (Å²) in [5.74, 6) is 0.568. The van der Waals surface area contributed by atoms with Crippen molar-refractivity contribution in [2.45, 2.75) is 50.3 Å². The number of hydrogen-bond donors (Lipinski definition) is 1. The van der Waals surface area contributed by atoms with E-state index in [-0.39, 0.29) is 0 Å². The number of guanidine groups is 1. The lowest BCUT2D eigenvalue weighted by Gasteiger charge is -2.20. The summed E-state index contributed by atoms with van der Waals surface area (Å²) in [5.41, 5.74) is 6.10. The van der Waals surface area contributed by atoms with Gasteiger partial charge in [-0.1, -0.05) is 26.7 Å². The van der Waals surface area contributed by atoms with Crippen LogP contribution in [0.25, 0.3) is 0 Å². The first-order chi connectivity index (χ1) is 11.5. The first-order valence-electron chi connectivity index (χ1n) is 8.62. The van der Waals surface area contributed by atoms with Gasteiger partial charge in [0.2, 0.25) is 0 Å². The van der Waals surface area contributed by atoms with Crippen molar-refractivity contribution in [1.82, 2.24) is 9.21 Å². The van der Waals surface area contributed by atoms with Gasteiger partial charge in [-0.15, -0.1) is 11.3 Å². The van der Waals surface area contributed by atoms with E-state index in [1.54, 1.807) is 6.07 Å². The van der Waals surface area contributed by atoms with Crippen LogP contribution in [0.15, 0.2) is 21.3 Å². The van der Waals surface area contributed by atoms with Crippen molar-refractivity contribution in [3.8, 4) is 0 Å². The van der Waals surface area contributed by atoms with Crippen LogP contribution in [0.4, 0.5) is 0 Å². The van der Waals surface area contributed by atoms with Gasteiger partial charge in [0.25, 0.3) is 10.0 Å². The zero-order valence-corrected chi connectivity index (χ0v) is 16.2. The van der Waals surface area contributed by atoms with Crippen molar-refractivity contribution in [3.05, 3.63) is 17.0 Å². The molecule has 2 rings (SSSR count). The van der Waals surface area contributed by atoms with Gasteiger partial charge in [-0.2, -0.15) is 4.31 Å². The van der Waals surface area contributed by atoms with Crippen molar-refractivity contribution in [2.75, 3.05) is 26.2 Å². The van der Waals surface area contributed by atoms with Crippen LogP contribution in [0.3, 0.4) is 0 Å². The van der Waals surface area contributed by atoms with Crippen molar-refractivity contribution < 1.29 is 8.42 Å². The molecule has 6 nitrogen and oxygen atoms in total. The molecule has 136 valence electrons. The molecule has 0 saturated carbocycles. The molecule has 2 heterocycles. The maximum absolute atomic E-state index is 12.5. The number of nitrogens with two attached hydrogens (primary N) is 1. The van der Waals surface area contributed by atoms with Crippen molar-refractivity contribution in [2.24, 2.45) is 10.7 Å². The molecule has 1 fully saturated rings. The van der Waals surface area contributed by atoms with Gasteiger partial charge in [-0.3, -0.25) is 0 Å². The van der Waals surface area contributed by atoms with Gasteiger partial charge in [0.05, 0.1) is 6.54 Å². The second-order valence-corrected chi connectivity index (χ2v) is 9.22. The van der Waals surface area contributed by atoms with Gasteiger partial charge in [0.15, 0.2) is 5.96 Å². The molecule has 0 amide bonds. The largest absolute Gasteiger partial charge is 0.370 e. The van der Waals surface area contributed by atoms with Crippen LogP contribution >= 0.6 is 11.3 Å². The molecule has 0 atom stereocenters. The molecule has 1 aromatic rings. The Hall–Kier alpha value is -1.12.